The van der Waals surface area contributed by atoms with Crippen LogP contribution in [0.1, 0.15) is 6.42 Å². The largest absolute Gasteiger partial charge is 0.411 e. The molecular weight excluding hydrogens is 271 g/mol. The standard InChI is InChI=1S/C11H11ClF3NO2/c12-8-1-3-9(4-2-8)16-10(17)5-6-18-7-11(13,14)15/h1-4H,5-7H2,(H,16,17). The number of anilines is 1. The molecule has 0 fully saturated rings. The van der Waals surface area contributed by atoms with Gasteiger partial charge in [0.2, 0.25) is 5.91 Å². The van der Waals surface area contributed by atoms with Crippen LogP contribution in [-0.2, 0) is 9.53 Å². The molecule has 0 saturated heterocycles. The van der Waals surface area contributed by atoms with Gasteiger partial charge < -0.3 is 10.1 Å². The van der Waals surface area contributed by atoms with Crippen molar-refractivity contribution in [3.05, 3.63) is 29.3 Å². The van der Waals surface area contributed by atoms with Gasteiger partial charge in [0.15, 0.2) is 0 Å². The zero-order valence-corrected chi connectivity index (χ0v) is 10.0. The fraction of sp³-hybridized carbons (Fsp3) is 0.364. The van der Waals surface area contributed by atoms with Crippen molar-refractivity contribution in [1.29, 1.82) is 0 Å². The van der Waals surface area contributed by atoms with E-state index in [4.69, 9.17) is 11.6 Å². The van der Waals surface area contributed by atoms with Crippen molar-refractivity contribution in [3.63, 3.8) is 0 Å². The smallest absolute Gasteiger partial charge is 0.372 e. The number of amides is 1. The molecule has 1 aromatic carbocycles. The van der Waals surface area contributed by atoms with Crippen LogP contribution in [0.15, 0.2) is 24.3 Å². The average Bonchev–Trinajstić information content (AvgIpc) is 2.26. The zero-order chi connectivity index (χ0) is 13.6. The molecule has 0 bridgehead atoms. The molecule has 0 unspecified atom stereocenters. The lowest BCUT2D eigenvalue weighted by molar-refractivity contribution is -0.174. The van der Waals surface area contributed by atoms with Crippen molar-refractivity contribution in [2.75, 3.05) is 18.5 Å². The quantitative estimate of drug-likeness (QED) is 0.842. The SMILES string of the molecule is O=C(CCOCC(F)(F)F)Nc1ccc(Cl)cc1. The van der Waals surface area contributed by atoms with Crippen molar-refractivity contribution < 1.29 is 22.7 Å². The Kier molecular flexibility index (Phi) is 5.43. The summed E-state index contributed by atoms with van der Waals surface area (Å²) in [6.07, 6.45) is -4.51. The number of rotatable bonds is 5. The first kappa shape index (κ1) is 14.8. The third kappa shape index (κ3) is 6.46. The second-order valence-corrected chi connectivity index (χ2v) is 3.91. The van der Waals surface area contributed by atoms with Crippen LogP contribution >= 0.6 is 11.6 Å². The Morgan fingerprint density at radius 3 is 2.44 bits per heavy atom. The van der Waals surface area contributed by atoms with Gasteiger partial charge in [0.25, 0.3) is 0 Å². The van der Waals surface area contributed by atoms with E-state index in [0.29, 0.717) is 10.7 Å². The van der Waals surface area contributed by atoms with Gasteiger partial charge >= 0.3 is 6.18 Å². The van der Waals surface area contributed by atoms with Gasteiger partial charge in [-0.2, -0.15) is 13.2 Å². The minimum atomic E-state index is -4.37. The Labute approximate surface area is 107 Å². The number of alkyl halides is 3. The fourth-order valence-electron chi connectivity index (χ4n) is 1.11. The summed E-state index contributed by atoms with van der Waals surface area (Å²) in [5.74, 6) is -0.417. The number of hydrogen-bond acceptors (Lipinski definition) is 2. The maximum Gasteiger partial charge on any atom is 0.411 e. The fourth-order valence-corrected chi connectivity index (χ4v) is 1.24. The van der Waals surface area contributed by atoms with E-state index in [1.165, 1.54) is 0 Å². The van der Waals surface area contributed by atoms with E-state index in [1.54, 1.807) is 24.3 Å². The maximum atomic E-state index is 11.7. The number of carbonyl (C=O) groups is 1. The third-order valence-electron chi connectivity index (χ3n) is 1.87. The number of ether oxygens (including phenoxy) is 1. The highest BCUT2D eigenvalue weighted by molar-refractivity contribution is 6.30. The Balaban J connectivity index is 2.24. The zero-order valence-electron chi connectivity index (χ0n) is 9.26. The molecule has 1 rings (SSSR count). The van der Waals surface area contributed by atoms with Crippen LogP contribution in [0.3, 0.4) is 0 Å². The Bertz CT molecular complexity index is 392. The predicted molar refractivity (Wildman–Crippen MR) is 61.6 cm³/mol. The number of hydrogen-bond donors (Lipinski definition) is 1. The van der Waals surface area contributed by atoms with Crippen LogP contribution in [0.2, 0.25) is 5.02 Å². The molecule has 0 atom stereocenters. The van der Waals surface area contributed by atoms with Crippen LogP contribution in [0, 0.1) is 0 Å². The van der Waals surface area contributed by atoms with E-state index in [-0.39, 0.29) is 13.0 Å². The van der Waals surface area contributed by atoms with E-state index in [0.717, 1.165) is 0 Å². The van der Waals surface area contributed by atoms with E-state index in [2.05, 4.69) is 10.1 Å². The molecule has 0 aliphatic heterocycles. The van der Waals surface area contributed by atoms with Crippen LogP contribution in [0.25, 0.3) is 0 Å². The lowest BCUT2D eigenvalue weighted by atomic mass is 10.3. The minimum Gasteiger partial charge on any atom is -0.372 e. The molecule has 0 radical (unpaired) electrons. The molecule has 3 nitrogen and oxygen atoms in total. The summed E-state index contributed by atoms with van der Waals surface area (Å²) in [6.45, 7) is -1.62. The van der Waals surface area contributed by atoms with Crippen LogP contribution in [0.5, 0.6) is 0 Å². The van der Waals surface area contributed by atoms with Gasteiger partial charge in [0.05, 0.1) is 13.0 Å². The predicted octanol–water partition coefficient (Wildman–Crippen LogP) is 3.25. The first-order valence-corrected chi connectivity index (χ1v) is 5.44. The summed E-state index contributed by atoms with van der Waals surface area (Å²) < 4.78 is 39.5. The number of benzene rings is 1. The molecule has 0 aromatic heterocycles. The number of nitrogens with one attached hydrogen (secondary N) is 1. The highest BCUT2D eigenvalue weighted by atomic mass is 35.5. The Morgan fingerprint density at radius 2 is 1.89 bits per heavy atom. The summed E-state index contributed by atoms with van der Waals surface area (Å²) in [4.78, 5) is 11.3. The van der Waals surface area contributed by atoms with Crippen LogP contribution < -0.4 is 5.32 Å². The number of carbonyl (C=O) groups excluding carboxylic acids is 1. The van der Waals surface area contributed by atoms with Crippen molar-refractivity contribution in [3.8, 4) is 0 Å². The highest BCUT2D eigenvalue weighted by Gasteiger charge is 2.27. The lowest BCUT2D eigenvalue weighted by Crippen LogP contribution is -2.20. The lowest BCUT2D eigenvalue weighted by Gasteiger charge is -2.08. The maximum absolute atomic E-state index is 11.7. The normalized spacial score (nSPS) is 11.3. The number of halogens is 4. The first-order chi connectivity index (χ1) is 8.37. The van der Waals surface area contributed by atoms with Gasteiger partial charge in [0, 0.05) is 10.7 Å². The Morgan fingerprint density at radius 1 is 1.28 bits per heavy atom. The van der Waals surface area contributed by atoms with Crippen molar-refractivity contribution >= 4 is 23.2 Å². The van der Waals surface area contributed by atoms with Crippen LogP contribution in [0.4, 0.5) is 18.9 Å². The van der Waals surface area contributed by atoms with Crippen molar-refractivity contribution in [2.24, 2.45) is 0 Å². The van der Waals surface area contributed by atoms with Gasteiger partial charge in [-0.25, -0.2) is 0 Å². The molecule has 0 heterocycles. The molecule has 18 heavy (non-hydrogen) atoms. The van der Waals surface area contributed by atoms with Gasteiger partial charge in [-0.3, -0.25) is 4.79 Å². The van der Waals surface area contributed by atoms with Gasteiger partial charge in [-0.15, -0.1) is 0 Å². The molecular formula is C11H11ClF3NO2. The Hall–Kier alpha value is -1.27. The molecule has 1 aromatic rings. The summed E-state index contributed by atoms with van der Waals surface area (Å²) in [6, 6.07) is 6.38. The molecule has 1 amide bonds. The van der Waals surface area contributed by atoms with Gasteiger partial charge in [0.1, 0.15) is 6.61 Å². The van der Waals surface area contributed by atoms with Crippen molar-refractivity contribution in [2.45, 2.75) is 12.6 Å². The summed E-state index contributed by atoms with van der Waals surface area (Å²) in [5, 5.41) is 3.04. The topological polar surface area (TPSA) is 38.3 Å². The third-order valence-corrected chi connectivity index (χ3v) is 2.12. The summed E-state index contributed by atoms with van der Waals surface area (Å²) in [7, 11) is 0. The summed E-state index contributed by atoms with van der Waals surface area (Å²) >= 11 is 5.65. The van der Waals surface area contributed by atoms with Gasteiger partial charge in [-0.1, -0.05) is 11.6 Å². The van der Waals surface area contributed by atoms with E-state index < -0.39 is 18.7 Å². The van der Waals surface area contributed by atoms with E-state index >= 15 is 0 Å². The molecule has 100 valence electrons. The molecule has 0 spiro atoms. The van der Waals surface area contributed by atoms with Crippen LogP contribution in [-0.4, -0.2) is 25.3 Å². The average molecular weight is 282 g/mol. The molecule has 0 aliphatic carbocycles. The molecule has 7 heteroatoms. The highest BCUT2D eigenvalue weighted by Crippen LogP contribution is 2.15. The summed E-state index contributed by atoms with van der Waals surface area (Å²) in [5.41, 5.74) is 0.528. The molecule has 0 saturated carbocycles. The monoisotopic (exact) mass is 281 g/mol. The second-order valence-electron chi connectivity index (χ2n) is 3.47. The molecule has 1 N–H and O–H groups in total. The van der Waals surface area contributed by atoms with E-state index in [1.807, 2.05) is 0 Å². The van der Waals surface area contributed by atoms with E-state index in [9.17, 15) is 18.0 Å². The van der Waals surface area contributed by atoms with Gasteiger partial charge in [-0.05, 0) is 24.3 Å². The minimum absolute atomic E-state index is 0.140. The molecule has 0 aliphatic rings. The second kappa shape index (κ2) is 6.61. The van der Waals surface area contributed by atoms with Crippen molar-refractivity contribution in [1.82, 2.24) is 0 Å². The first-order valence-electron chi connectivity index (χ1n) is 5.07.